The minimum Gasteiger partial charge on any atom is -0.489 e. The molecular weight excluding hydrogens is 330 g/mol. The zero-order chi connectivity index (χ0) is 15.2. The number of nitrogens with one attached hydrogen (secondary N) is 1. The van der Waals surface area contributed by atoms with Gasteiger partial charge in [-0.25, -0.2) is 0 Å². The molecule has 1 unspecified atom stereocenters. The van der Waals surface area contributed by atoms with Crippen molar-refractivity contribution in [3.05, 3.63) is 52.5 Å². The minimum atomic E-state index is 0.00584. The quantitative estimate of drug-likeness (QED) is 0.863. The molecule has 4 nitrogen and oxygen atoms in total. The smallest absolute Gasteiger partial charge is 0.138 e. The van der Waals surface area contributed by atoms with Crippen molar-refractivity contribution in [1.29, 1.82) is 0 Å². The van der Waals surface area contributed by atoms with Crippen molar-refractivity contribution >= 4 is 15.9 Å². The molecule has 2 heterocycles. The summed E-state index contributed by atoms with van der Waals surface area (Å²) in [6.45, 7) is 6.93. The number of aromatic nitrogens is 2. The van der Waals surface area contributed by atoms with Gasteiger partial charge in [0.05, 0.1) is 24.0 Å². The Morgan fingerprint density at radius 3 is 2.67 bits per heavy atom. The second-order valence-corrected chi connectivity index (χ2v) is 5.93. The SMILES string of the molecule is CCNC(c1cncc(OC(C)C)c1)c1ccc(Br)cn1. The number of pyridine rings is 2. The maximum Gasteiger partial charge on any atom is 0.138 e. The summed E-state index contributed by atoms with van der Waals surface area (Å²) in [5.41, 5.74) is 2.01. The molecule has 0 aromatic carbocycles. The Balaban J connectivity index is 2.31. The Morgan fingerprint density at radius 1 is 1.24 bits per heavy atom. The number of rotatable bonds is 6. The van der Waals surface area contributed by atoms with Crippen LogP contribution in [0.5, 0.6) is 5.75 Å². The molecule has 2 aromatic heterocycles. The van der Waals surface area contributed by atoms with E-state index in [9.17, 15) is 0 Å². The molecule has 0 aliphatic rings. The first-order chi connectivity index (χ1) is 10.1. The molecule has 0 bridgehead atoms. The lowest BCUT2D eigenvalue weighted by Crippen LogP contribution is -2.23. The van der Waals surface area contributed by atoms with Crippen LogP contribution in [0.15, 0.2) is 41.3 Å². The van der Waals surface area contributed by atoms with Gasteiger partial charge < -0.3 is 10.1 Å². The number of hydrogen-bond donors (Lipinski definition) is 1. The van der Waals surface area contributed by atoms with Crippen LogP contribution in [0.1, 0.15) is 38.1 Å². The highest BCUT2D eigenvalue weighted by Crippen LogP contribution is 2.24. The summed E-state index contributed by atoms with van der Waals surface area (Å²) in [7, 11) is 0. The number of nitrogens with zero attached hydrogens (tertiary/aromatic N) is 2. The van der Waals surface area contributed by atoms with Gasteiger partial charge in [-0.2, -0.15) is 0 Å². The van der Waals surface area contributed by atoms with Crippen LogP contribution in [0.4, 0.5) is 0 Å². The molecule has 2 rings (SSSR count). The minimum absolute atomic E-state index is 0.00584. The van der Waals surface area contributed by atoms with Crippen molar-refractivity contribution in [1.82, 2.24) is 15.3 Å². The van der Waals surface area contributed by atoms with E-state index in [-0.39, 0.29) is 12.1 Å². The first-order valence-electron chi connectivity index (χ1n) is 7.06. The molecule has 21 heavy (non-hydrogen) atoms. The van der Waals surface area contributed by atoms with Gasteiger partial charge >= 0.3 is 0 Å². The van der Waals surface area contributed by atoms with Gasteiger partial charge in [-0.15, -0.1) is 0 Å². The molecule has 112 valence electrons. The van der Waals surface area contributed by atoms with Crippen LogP contribution in [-0.2, 0) is 0 Å². The maximum atomic E-state index is 5.72. The predicted octanol–water partition coefficient (Wildman–Crippen LogP) is 3.73. The van der Waals surface area contributed by atoms with Crippen molar-refractivity contribution in [2.45, 2.75) is 32.9 Å². The molecule has 2 aromatic rings. The van der Waals surface area contributed by atoms with Gasteiger partial charge in [0.25, 0.3) is 0 Å². The highest BCUT2D eigenvalue weighted by atomic mass is 79.9. The maximum absolute atomic E-state index is 5.72. The van der Waals surface area contributed by atoms with E-state index in [0.717, 1.165) is 28.0 Å². The standard InChI is InChI=1S/C16H20BrN3O/c1-4-19-16(15-6-5-13(17)9-20-15)12-7-14(10-18-8-12)21-11(2)3/h5-11,16,19H,4H2,1-3H3. The summed E-state index contributed by atoms with van der Waals surface area (Å²) in [6, 6.07) is 6.03. The molecule has 0 spiro atoms. The fraction of sp³-hybridized carbons (Fsp3) is 0.375. The zero-order valence-electron chi connectivity index (χ0n) is 12.5. The summed E-state index contributed by atoms with van der Waals surface area (Å²) in [5.74, 6) is 0.780. The fourth-order valence-corrected chi connectivity index (χ4v) is 2.32. The topological polar surface area (TPSA) is 47.0 Å². The normalized spacial score (nSPS) is 12.4. The summed E-state index contributed by atoms with van der Waals surface area (Å²) in [6.07, 6.45) is 5.53. The van der Waals surface area contributed by atoms with E-state index in [1.807, 2.05) is 44.4 Å². The molecule has 0 saturated carbocycles. The summed E-state index contributed by atoms with van der Waals surface area (Å²) in [4.78, 5) is 8.77. The van der Waals surface area contributed by atoms with Crippen molar-refractivity contribution in [2.24, 2.45) is 0 Å². The first-order valence-corrected chi connectivity index (χ1v) is 7.86. The fourth-order valence-electron chi connectivity index (χ4n) is 2.09. The molecule has 0 radical (unpaired) electrons. The predicted molar refractivity (Wildman–Crippen MR) is 87.5 cm³/mol. The van der Waals surface area contributed by atoms with Gasteiger partial charge in [-0.1, -0.05) is 6.92 Å². The third-order valence-electron chi connectivity index (χ3n) is 2.89. The molecule has 0 amide bonds. The summed E-state index contributed by atoms with van der Waals surface area (Å²) >= 11 is 3.41. The van der Waals surface area contributed by atoms with Crippen LogP contribution < -0.4 is 10.1 Å². The molecule has 0 fully saturated rings. The van der Waals surface area contributed by atoms with Crippen LogP contribution >= 0.6 is 15.9 Å². The second-order valence-electron chi connectivity index (χ2n) is 5.01. The van der Waals surface area contributed by atoms with E-state index >= 15 is 0 Å². The lowest BCUT2D eigenvalue weighted by atomic mass is 10.0. The zero-order valence-corrected chi connectivity index (χ0v) is 14.1. The van der Waals surface area contributed by atoms with E-state index in [2.05, 4.69) is 38.1 Å². The van der Waals surface area contributed by atoms with Crippen LogP contribution in [-0.4, -0.2) is 22.6 Å². The van der Waals surface area contributed by atoms with Crippen LogP contribution in [0.2, 0.25) is 0 Å². The van der Waals surface area contributed by atoms with Gasteiger partial charge in [0.15, 0.2) is 0 Å². The Bertz CT molecular complexity index is 572. The lowest BCUT2D eigenvalue weighted by Gasteiger charge is -2.19. The van der Waals surface area contributed by atoms with Crippen LogP contribution in [0, 0.1) is 0 Å². The number of hydrogen-bond acceptors (Lipinski definition) is 4. The van der Waals surface area contributed by atoms with Crippen molar-refractivity contribution in [3.63, 3.8) is 0 Å². The molecule has 1 atom stereocenters. The van der Waals surface area contributed by atoms with Gasteiger partial charge in [0.2, 0.25) is 0 Å². The third-order valence-corrected chi connectivity index (χ3v) is 3.36. The van der Waals surface area contributed by atoms with E-state index in [0.29, 0.717) is 0 Å². The van der Waals surface area contributed by atoms with Gasteiger partial charge in [-0.05, 0) is 60.1 Å². The Hall–Kier alpha value is -1.46. The van der Waals surface area contributed by atoms with Crippen molar-refractivity contribution < 1.29 is 4.74 Å². The van der Waals surface area contributed by atoms with Gasteiger partial charge in [-0.3, -0.25) is 9.97 Å². The molecule has 0 aliphatic carbocycles. The second kappa shape index (κ2) is 7.52. The van der Waals surface area contributed by atoms with Crippen molar-refractivity contribution in [2.75, 3.05) is 6.54 Å². The Labute approximate surface area is 134 Å². The van der Waals surface area contributed by atoms with Crippen LogP contribution in [0.25, 0.3) is 0 Å². The number of halogens is 1. The number of ether oxygens (including phenoxy) is 1. The van der Waals surface area contributed by atoms with Crippen LogP contribution in [0.3, 0.4) is 0 Å². The van der Waals surface area contributed by atoms with Gasteiger partial charge in [0, 0.05) is 16.9 Å². The average molecular weight is 350 g/mol. The van der Waals surface area contributed by atoms with Gasteiger partial charge in [0.1, 0.15) is 5.75 Å². The molecule has 1 N–H and O–H groups in total. The summed E-state index contributed by atoms with van der Waals surface area (Å²) < 4.78 is 6.69. The average Bonchev–Trinajstić information content (AvgIpc) is 2.45. The first kappa shape index (κ1) is 15.9. The molecular formula is C16H20BrN3O. The Morgan fingerprint density at radius 2 is 2.05 bits per heavy atom. The molecule has 5 heteroatoms. The third kappa shape index (κ3) is 4.51. The van der Waals surface area contributed by atoms with E-state index in [1.54, 1.807) is 6.20 Å². The lowest BCUT2D eigenvalue weighted by molar-refractivity contribution is 0.241. The Kier molecular flexibility index (Phi) is 5.70. The largest absolute Gasteiger partial charge is 0.489 e. The molecule has 0 saturated heterocycles. The van der Waals surface area contributed by atoms with E-state index < -0.39 is 0 Å². The highest BCUT2D eigenvalue weighted by molar-refractivity contribution is 9.10. The summed E-state index contributed by atoms with van der Waals surface area (Å²) in [5, 5.41) is 3.44. The highest BCUT2D eigenvalue weighted by Gasteiger charge is 2.15. The van der Waals surface area contributed by atoms with Crippen molar-refractivity contribution in [3.8, 4) is 5.75 Å². The van der Waals surface area contributed by atoms with E-state index in [1.165, 1.54) is 0 Å². The molecule has 0 aliphatic heterocycles. The van der Waals surface area contributed by atoms with E-state index in [4.69, 9.17) is 4.74 Å². The monoisotopic (exact) mass is 349 g/mol.